The van der Waals surface area contributed by atoms with Gasteiger partial charge in [-0.05, 0) is 54.1 Å². The molecule has 2 N–H and O–H groups in total. The van der Waals surface area contributed by atoms with E-state index in [4.69, 9.17) is 4.42 Å². The van der Waals surface area contributed by atoms with Crippen molar-refractivity contribution in [3.63, 3.8) is 0 Å². The molecule has 0 amide bonds. The van der Waals surface area contributed by atoms with Gasteiger partial charge in [0.1, 0.15) is 11.2 Å². The number of para-hydroxylation sites is 1. The first-order chi connectivity index (χ1) is 13.3. The number of nitrogens with one attached hydrogen (secondary N) is 2. The van der Waals surface area contributed by atoms with E-state index in [0.717, 1.165) is 45.4 Å². The highest BCUT2D eigenvalue weighted by molar-refractivity contribution is 6.07. The lowest BCUT2D eigenvalue weighted by atomic mass is 10.1. The first-order valence-corrected chi connectivity index (χ1v) is 9.02. The Labute approximate surface area is 156 Å². The van der Waals surface area contributed by atoms with Crippen molar-refractivity contribution in [1.29, 1.82) is 0 Å². The van der Waals surface area contributed by atoms with Gasteiger partial charge in [0.05, 0.1) is 5.52 Å². The molecule has 3 aromatic carbocycles. The lowest BCUT2D eigenvalue weighted by Crippen LogP contribution is -2.00. The molecule has 0 aliphatic carbocycles. The third kappa shape index (κ3) is 2.75. The Morgan fingerprint density at radius 1 is 0.815 bits per heavy atom. The van der Waals surface area contributed by atoms with Crippen molar-refractivity contribution in [2.75, 3.05) is 17.7 Å². The molecule has 2 heterocycles. The highest BCUT2D eigenvalue weighted by atomic mass is 16.3. The van der Waals surface area contributed by atoms with Gasteiger partial charge < -0.3 is 15.1 Å². The van der Waals surface area contributed by atoms with E-state index in [2.05, 4.69) is 52.0 Å². The van der Waals surface area contributed by atoms with Crippen molar-refractivity contribution in [2.45, 2.75) is 6.54 Å². The van der Waals surface area contributed by atoms with Crippen LogP contribution in [0.5, 0.6) is 0 Å². The van der Waals surface area contributed by atoms with E-state index in [0.29, 0.717) is 0 Å². The molecular formula is C23H19N3O. The zero-order chi connectivity index (χ0) is 18.2. The lowest BCUT2D eigenvalue weighted by molar-refractivity contribution is 0.669. The van der Waals surface area contributed by atoms with Gasteiger partial charge in [-0.25, -0.2) is 0 Å². The minimum Gasteiger partial charge on any atom is -0.456 e. The van der Waals surface area contributed by atoms with Crippen molar-refractivity contribution in [3.8, 4) is 0 Å². The zero-order valence-electron chi connectivity index (χ0n) is 15.0. The van der Waals surface area contributed by atoms with Gasteiger partial charge in [-0.1, -0.05) is 18.2 Å². The second kappa shape index (κ2) is 6.32. The van der Waals surface area contributed by atoms with Crippen LogP contribution in [0.25, 0.3) is 32.8 Å². The molecule has 27 heavy (non-hydrogen) atoms. The summed E-state index contributed by atoms with van der Waals surface area (Å²) in [5.74, 6) is 0. The third-order valence-corrected chi connectivity index (χ3v) is 4.98. The highest BCUT2D eigenvalue weighted by Crippen LogP contribution is 2.32. The summed E-state index contributed by atoms with van der Waals surface area (Å²) in [6.45, 7) is 0.742. The quantitative estimate of drug-likeness (QED) is 0.429. The number of rotatable bonds is 4. The van der Waals surface area contributed by atoms with Crippen LogP contribution >= 0.6 is 0 Å². The van der Waals surface area contributed by atoms with Crippen molar-refractivity contribution in [3.05, 3.63) is 78.5 Å². The highest BCUT2D eigenvalue weighted by Gasteiger charge is 2.09. The fourth-order valence-electron chi connectivity index (χ4n) is 3.55. The topological polar surface area (TPSA) is 50.1 Å². The summed E-state index contributed by atoms with van der Waals surface area (Å²) in [7, 11) is 1.93. The number of anilines is 2. The molecule has 2 aromatic heterocycles. The predicted molar refractivity (Wildman–Crippen MR) is 112 cm³/mol. The third-order valence-electron chi connectivity index (χ3n) is 4.98. The maximum Gasteiger partial charge on any atom is 0.135 e. The van der Waals surface area contributed by atoms with E-state index in [1.807, 2.05) is 43.6 Å². The first kappa shape index (κ1) is 15.7. The predicted octanol–water partition coefficient (Wildman–Crippen LogP) is 5.79. The average Bonchev–Trinajstić information content (AvgIpc) is 3.09. The Hall–Kier alpha value is -3.53. The summed E-state index contributed by atoms with van der Waals surface area (Å²) in [6.07, 6.45) is 1.87. The van der Waals surface area contributed by atoms with Crippen LogP contribution in [0.3, 0.4) is 0 Å². The van der Waals surface area contributed by atoms with E-state index in [1.54, 1.807) is 0 Å². The molecule has 4 heteroatoms. The Bertz CT molecular complexity index is 1270. The van der Waals surface area contributed by atoms with Gasteiger partial charge >= 0.3 is 0 Å². The molecule has 5 aromatic rings. The summed E-state index contributed by atoms with van der Waals surface area (Å²) < 4.78 is 5.96. The molecule has 0 saturated heterocycles. The molecule has 0 unspecified atom stereocenters. The monoisotopic (exact) mass is 353 g/mol. The van der Waals surface area contributed by atoms with E-state index in [-0.39, 0.29) is 0 Å². The number of hydrogen-bond acceptors (Lipinski definition) is 4. The molecule has 4 nitrogen and oxygen atoms in total. The van der Waals surface area contributed by atoms with Crippen LogP contribution in [0.1, 0.15) is 5.56 Å². The lowest BCUT2D eigenvalue weighted by Gasteiger charge is -2.09. The smallest absolute Gasteiger partial charge is 0.135 e. The molecule has 0 bridgehead atoms. The number of benzene rings is 3. The molecule has 0 atom stereocenters. The maximum atomic E-state index is 5.96. The van der Waals surface area contributed by atoms with Crippen LogP contribution in [-0.2, 0) is 6.54 Å². The van der Waals surface area contributed by atoms with Gasteiger partial charge in [-0.3, -0.25) is 4.98 Å². The Morgan fingerprint density at radius 2 is 1.56 bits per heavy atom. The summed E-state index contributed by atoms with van der Waals surface area (Å²) in [5, 5.41) is 10.2. The van der Waals surface area contributed by atoms with Crippen LogP contribution in [-0.4, -0.2) is 12.0 Å². The molecule has 0 aliphatic rings. The zero-order valence-corrected chi connectivity index (χ0v) is 15.0. The van der Waals surface area contributed by atoms with Crippen LogP contribution in [0.15, 0.2) is 77.3 Å². The van der Waals surface area contributed by atoms with E-state index >= 15 is 0 Å². The Balaban J connectivity index is 1.50. The normalized spacial score (nSPS) is 11.3. The number of furan rings is 1. The number of pyridine rings is 1. The number of hydrogen-bond donors (Lipinski definition) is 2. The SMILES string of the molecule is CNc1ccc2oc3ccc(NCc4ccnc5ccccc45)cc3c2c1. The van der Waals surface area contributed by atoms with Crippen LogP contribution in [0.4, 0.5) is 11.4 Å². The molecule has 0 saturated carbocycles. The second-order valence-electron chi connectivity index (χ2n) is 6.61. The van der Waals surface area contributed by atoms with Crippen molar-refractivity contribution < 1.29 is 4.42 Å². The van der Waals surface area contributed by atoms with Crippen molar-refractivity contribution in [2.24, 2.45) is 0 Å². The standard InChI is InChI=1S/C23H19N3O/c1-24-16-6-8-22-19(12-16)20-13-17(7-9-23(20)27-22)26-14-15-10-11-25-21-5-3-2-4-18(15)21/h2-13,24,26H,14H2,1H3. The largest absolute Gasteiger partial charge is 0.456 e. The summed E-state index contributed by atoms with van der Waals surface area (Å²) in [4.78, 5) is 4.44. The fourth-order valence-corrected chi connectivity index (χ4v) is 3.55. The van der Waals surface area contributed by atoms with Crippen LogP contribution in [0.2, 0.25) is 0 Å². The average molecular weight is 353 g/mol. The minimum absolute atomic E-state index is 0.742. The van der Waals surface area contributed by atoms with Gasteiger partial charge in [0, 0.05) is 47.3 Å². The van der Waals surface area contributed by atoms with Gasteiger partial charge in [-0.2, -0.15) is 0 Å². The van der Waals surface area contributed by atoms with E-state index in [9.17, 15) is 0 Å². The summed E-state index contributed by atoms with van der Waals surface area (Å²) >= 11 is 0. The van der Waals surface area contributed by atoms with Crippen molar-refractivity contribution in [1.82, 2.24) is 4.98 Å². The number of nitrogens with zero attached hydrogens (tertiary/aromatic N) is 1. The summed E-state index contributed by atoms with van der Waals surface area (Å²) in [6, 6.07) is 22.7. The van der Waals surface area contributed by atoms with E-state index < -0.39 is 0 Å². The van der Waals surface area contributed by atoms with Gasteiger partial charge in [0.15, 0.2) is 0 Å². The van der Waals surface area contributed by atoms with Crippen LogP contribution in [0, 0.1) is 0 Å². The number of fused-ring (bicyclic) bond motifs is 4. The second-order valence-corrected chi connectivity index (χ2v) is 6.61. The van der Waals surface area contributed by atoms with E-state index in [1.165, 1.54) is 10.9 Å². The maximum absolute atomic E-state index is 5.96. The van der Waals surface area contributed by atoms with Gasteiger partial charge in [0.2, 0.25) is 0 Å². The number of aromatic nitrogens is 1. The molecule has 0 radical (unpaired) electrons. The minimum atomic E-state index is 0.742. The van der Waals surface area contributed by atoms with Gasteiger partial charge in [-0.15, -0.1) is 0 Å². The summed E-state index contributed by atoms with van der Waals surface area (Å²) in [5.41, 5.74) is 6.20. The van der Waals surface area contributed by atoms with Crippen LogP contribution < -0.4 is 10.6 Å². The molecule has 0 fully saturated rings. The molecule has 0 aliphatic heterocycles. The Morgan fingerprint density at radius 3 is 2.37 bits per heavy atom. The molecule has 132 valence electrons. The molecule has 0 spiro atoms. The van der Waals surface area contributed by atoms with Gasteiger partial charge in [0.25, 0.3) is 0 Å². The Kier molecular flexibility index (Phi) is 3.68. The fraction of sp³-hybridized carbons (Fsp3) is 0.0870. The first-order valence-electron chi connectivity index (χ1n) is 9.02. The molecule has 5 rings (SSSR count). The molecular weight excluding hydrogens is 334 g/mol. The van der Waals surface area contributed by atoms with Crippen molar-refractivity contribution >= 4 is 44.2 Å².